The number of nitrogens with zero attached hydrogens (tertiary/aromatic N) is 1. The van der Waals surface area contributed by atoms with Gasteiger partial charge in [-0.1, -0.05) is 85.2 Å². The van der Waals surface area contributed by atoms with Crippen LogP contribution in [0.5, 0.6) is 0 Å². The van der Waals surface area contributed by atoms with Gasteiger partial charge >= 0.3 is 5.97 Å². The number of carbonyl (C=O) groups is 7. The number of unbranched alkanes of at least 4 members (excludes halogenated alkanes) is 1. The molecule has 0 radical (unpaired) electrons. The molecule has 0 spiro atoms. The Kier molecular flexibility index (Phi) is 17.6. The van der Waals surface area contributed by atoms with Gasteiger partial charge in [-0.25, -0.2) is 0 Å². The Balaban J connectivity index is 0.00000936. The van der Waals surface area contributed by atoms with Crippen molar-refractivity contribution in [1.29, 1.82) is 0 Å². The van der Waals surface area contributed by atoms with Crippen molar-refractivity contribution >= 4 is 41.2 Å². The van der Waals surface area contributed by atoms with Gasteiger partial charge in [0.05, 0.1) is 12.1 Å². The minimum absolute atomic E-state index is 0. The molecule has 1 saturated carbocycles. The Morgan fingerprint density at radius 3 is 2.12 bits per heavy atom. The minimum Gasteiger partial charge on any atom is -0.481 e. The molecule has 0 aromatic heterocycles. The maximum atomic E-state index is 14.3. The number of hydrogen-bond donors (Lipinski definition) is 4. The number of nitrogens with one attached hydrogen (secondary N) is 3. The van der Waals surface area contributed by atoms with E-state index in [9.17, 15) is 33.6 Å². The smallest absolute Gasteiger partial charge is 0.303 e. The lowest BCUT2D eigenvalue weighted by Gasteiger charge is -2.33. The molecule has 1 aliphatic heterocycles. The molecule has 2 fully saturated rings. The first kappa shape index (κ1) is 44.1. The average molecular weight is 727 g/mol. The third-order valence-electron chi connectivity index (χ3n) is 10.4. The summed E-state index contributed by atoms with van der Waals surface area (Å²) in [6, 6.07) is 5.99. The van der Waals surface area contributed by atoms with Crippen molar-refractivity contribution in [1.82, 2.24) is 20.9 Å². The zero-order chi connectivity index (χ0) is 37.8. The molecule has 1 heterocycles. The lowest BCUT2D eigenvalue weighted by Crippen LogP contribution is -2.59. The van der Waals surface area contributed by atoms with Crippen LogP contribution >= 0.6 is 0 Å². The quantitative estimate of drug-likeness (QED) is 0.107. The highest BCUT2D eigenvalue weighted by molar-refractivity contribution is 6.38. The van der Waals surface area contributed by atoms with E-state index in [0.717, 1.165) is 24.8 Å². The lowest BCUT2D eigenvalue weighted by atomic mass is 9.88. The second kappa shape index (κ2) is 20.8. The summed E-state index contributed by atoms with van der Waals surface area (Å²) in [6.45, 7) is 11.3. The van der Waals surface area contributed by atoms with Gasteiger partial charge in [0.2, 0.25) is 23.5 Å². The van der Waals surface area contributed by atoms with E-state index < -0.39 is 59.6 Å². The van der Waals surface area contributed by atoms with Crippen molar-refractivity contribution < 1.29 is 38.7 Å². The molecule has 1 aromatic carbocycles. The summed E-state index contributed by atoms with van der Waals surface area (Å²) < 4.78 is 0. The number of carboxylic acids is 1. The molecule has 12 nitrogen and oxygen atoms in total. The molecule has 290 valence electrons. The van der Waals surface area contributed by atoms with Gasteiger partial charge in [0.1, 0.15) is 17.9 Å². The van der Waals surface area contributed by atoms with Crippen LogP contribution in [0.1, 0.15) is 125 Å². The van der Waals surface area contributed by atoms with E-state index in [-0.39, 0.29) is 68.5 Å². The van der Waals surface area contributed by atoms with Crippen LogP contribution in [0.2, 0.25) is 0 Å². The van der Waals surface area contributed by atoms with Gasteiger partial charge in [-0.05, 0) is 68.3 Å². The normalized spacial score (nSPS) is 20.2. The summed E-state index contributed by atoms with van der Waals surface area (Å²) in [5.41, 5.74) is 0.841. The first-order chi connectivity index (χ1) is 24.2. The summed E-state index contributed by atoms with van der Waals surface area (Å²) in [4.78, 5) is 93.6. The Labute approximate surface area is 309 Å². The van der Waals surface area contributed by atoms with Gasteiger partial charge in [0.25, 0.3) is 5.91 Å². The second-order valence-electron chi connectivity index (χ2n) is 15.0. The number of carbonyl (C=O) groups excluding carboxylic acids is 6. The molecule has 0 bridgehead atoms. The van der Waals surface area contributed by atoms with Crippen LogP contribution in [0.4, 0.5) is 0 Å². The van der Waals surface area contributed by atoms with Crippen molar-refractivity contribution in [3.8, 4) is 0 Å². The number of amides is 4. The molecule has 4 amide bonds. The fraction of sp³-hybridized carbons (Fsp3) is 0.675. The number of ketones is 2. The third kappa shape index (κ3) is 12.0. The monoisotopic (exact) mass is 726 g/mol. The Hall–Kier alpha value is -4.09. The fourth-order valence-electron chi connectivity index (χ4n) is 7.46. The third-order valence-corrected chi connectivity index (χ3v) is 10.4. The highest BCUT2D eigenvalue weighted by Gasteiger charge is 2.51. The van der Waals surface area contributed by atoms with E-state index in [0.29, 0.717) is 25.8 Å². The Morgan fingerprint density at radius 1 is 0.865 bits per heavy atom. The van der Waals surface area contributed by atoms with Crippen LogP contribution in [0.3, 0.4) is 0 Å². The molecule has 7 atom stereocenters. The molecule has 1 saturated heterocycles. The Bertz CT molecular complexity index is 1400. The number of fused-ring (bicyclic) bond motifs is 1. The van der Waals surface area contributed by atoms with Crippen molar-refractivity contribution in [2.24, 2.45) is 29.6 Å². The molecule has 1 aliphatic carbocycles. The highest BCUT2D eigenvalue weighted by atomic mass is 16.4. The number of benzene rings is 1. The predicted molar refractivity (Wildman–Crippen MR) is 199 cm³/mol. The molecular weight excluding hydrogens is 664 g/mol. The molecule has 52 heavy (non-hydrogen) atoms. The van der Waals surface area contributed by atoms with E-state index in [4.69, 9.17) is 5.11 Å². The predicted octanol–water partition coefficient (Wildman–Crippen LogP) is 5.00. The van der Waals surface area contributed by atoms with E-state index in [1.165, 1.54) is 0 Å². The number of Topliss-reactive ketones (excluding diaryl/α,β-unsaturated/α-hetero) is 2. The standard InChI is InChI=1S/C39H58N4O8.CH4/c1-7-14-31(35(47)38(50)40-25(6)26-15-9-8-10-16-26)41-37(49)34-29-19-13-17-27(29)22-43(34)39(51)33(24(4)5)42-36(48)30(23(2)3)21-28(44)18-11-12-20-32(45)46;/h8-10,15-16,23-25,27,29-31,33-34H,7,11-14,17-22H2,1-6H3,(H,40,50)(H,41,49)(H,42,48)(H,45,46);1H4/t25-,27-,29-,30-,31?,33-,34?;/m0./s1. The average Bonchev–Trinajstić information content (AvgIpc) is 3.69. The van der Waals surface area contributed by atoms with Gasteiger partial charge in [0.15, 0.2) is 0 Å². The molecular formula is C40H62N4O8. The summed E-state index contributed by atoms with van der Waals surface area (Å²) in [5, 5.41) is 17.4. The van der Waals surface area contributed by atoms with Gasteiger partial charge in [-0.2, -0.15) is 0 Å². The highest BCUT2D eigenvalue weighted by Crippen LogP contribution is 2.43. The van der Waals surface area contributed by atoms with Gasteiger partial charge in [-0.15, -0.1) is 0 Å². The number of aliphatic carboxylic acids is 1. The molecule has 1 aromatic rings. The zero-order valence-electron chi connectivity index (χ0n) is 31.1. The van der Waals surface area contributed by atoms with Gasteiger partial charge < -0.3 is 26.0 Å². The largest absolute Gasteiger partial charge is 0.481 e. The molecule has 4 N–H and O–H groups in total. The summed E-state index contributed by atoms with van der Waals surface area (Å²) >= 11 is 0. The maximum Gasteiger partial charge on any atom is 0.303 e. The lowest BCUT2D eigenvalue weighted by molar-refractivity contribution is -0.145. The van der Waals surface area contributed by atoms with Crippen LogP contribution in [-0.4, -0.2) is 75.8 Å². The van der Waals surface area contributed by atoms with Crippen LogP contribution in [0.15, 0.2) is 30.3 Å². The molecule has 3 rings (SSSR count). The molecule has 12 heteroatoms. The summed E-state index contributed by atoms with van der Waals surface area (Å²) in [6.07, 6.45) is 4.27. The van der Waals surface area contributed by atoms with Gasteiger partial charge in [0, 0.05) is 31.7 Å². The van der Waals surface area contributed by atoms with Crippen molar-refractivity contribution in [3.05, 3.63) is 35.9 Å². The van der Waals surface area contributed by atoms with E-state index in [2.05, 4.69) is 16.0 Å². The van der Waals surface area contributed by atoms with Crippen molar-refractivity contribution in [2.45, 2.75) is 137 Å². The molecule has 2 aliphatic rings. The number of rotatable bonds is 20. The van der Waals surface area contributed by atoms with Crippen LogP contribution in [0.25, 0.3) is 0 Å². The number of hydrogen-bond acceptors (Lipinski definition) is 7. The SMILES string of the molecule is C.CCCC(NC(=O)C1[C@H]2CCC[C@H]2CN1C(=O)[C@@H](NC(=O)[C@@H](CC(=O)CCCCC(=O)O)C(C)C)C(C)C)C(=O)C(=O)N[C@@H](C)c1ccccc1. The Morgan fingerprint density at radius 2 is 1.52 bits per heavy atom. The van der Waals surface area contributed by atoms with Crippen molar-refractivity contribution in [2.75, 3.05) is 6.54 Å². The first-order valence-electron chi connectivity index (χ1n) is 18.7. The first-order valence-corrected chi connectivity index (χ1v) is 18.7. The van der Waals surface area contributed by atoms with Crippen LogP contribution in [0, 0.1) is 29.6 Å². The maximum absolute atomic E-state index is 14.3. The zero-order valence-corrected chi connectivity index (χ0v) is 31.1. The number of likely N-dealkylation sites (tertiary alicyclic amines) is 1. The minimum atomic E-state index is -1.06. The second-order valence-corrected chi connectivity index (χ2v) is 15.0. The fourth-order valence-corrected chi connectivity index (χ4v) is 7.46. The van der Waals surface area contributed by atoms with Crippen molar-refractivity contribution in [3.63, 3.8) is 0 Å². The number of carboxylic acid groups (broad SMARTS) is 1. The van der Waals surface area contributed by atoms with E-state index in [1.807, 2.05) is 65.0 Å². The summed E-state index contributed by atoms with van der Waals surface area (Å²) in [7, 11) is 0. The summed E-state index contributed by atoms with van der Waals surface area (Å²) in [5.74, 6) is -5.06. The van der Waals surface area contributed by atoms with E-state index in [1.54, 1.807) is 11.8 Å². The van der Waals surface area contributed by atoms with Gasteiger partial charge in [-0.3, -0.25) is 33.6 Å². The van der Waals surface area contributed by atoms with Crippen LogP contribution < -0.4 is 16.0 Å². The topological polar surface area (TPSA) is 179 Å². The molecule has 2 unspecified atom stereocenters. The van der Waals surface area contributed by atoms with Crippen LogP contribution in [-0.2, 0) is 33.6 Å². The van der Waals surface area contributed by atoms with E-state index >= 15 is 0 Å².